The average Bonchev–Trinajstić information content (AvgIpc) is 2.99. The van der Waals surface area contributed by atoms with Crippen LogP contribution in [-0.2, 0) is 28.6 Å². The minimum Gasteiger partial charge on any atom is -0.489 e. The number of rotatable bonds is 16. The minimum absolute atomic E-state index is 0.00463. The van der Waals surface area contributed by atoms with Gasteiger partial charge in [0.25, 0.3) is 0 Å². The second-order valence-electron chi connectivity index (χ2n) is 10.5. The molecule has 0 unspecified atom stereocenters. The first-order valence-electron chi connectivity index (χ1n) is 14.6. The van der Waals surface area contributed by atoms with E-state index in [1.165, 1.54) is 45.4 Å². The van der Waals surface area contributed by atoms with Crippen molar-refractivity contribution in [1.29, 1.82) is 0 Å². The molecule has 236 valence electrons. The highest BCUT2D eigenvalue weighted by atomic mass is 19.1. The van der Waals surface area contributed by atoms with E-state index in [0.29, 0.717) is 29.6 Å². The van der Waals surface area contributed by atoms with Gasteiger partial charge in [-0.25, -0.2) is 13.6 Å². The molecule has 2 aromatic rings. The molecule has 10 heteroatoms. The first-order valence-corrected chi connectivity index (χ1v) is 14.6. The third-order valence-electron chi connectivity index (χ3n) is 7.34. The summed E-state index contributed by atoms with van der Waals surface area (Å²) in [6, 6.07) is 7.36. The summed E-state index contributed by atoms with van der Waals surface area (Å²) < 4.78 is 48.4. The van der Waals surface area contributed by atoms with Crippen molar-refractivity contribution in [3.63, 3.8) is 0 Å². The molecule has 2 aromatic carbocycles. The molecule has 0 aromatic heterocycles. The Balaban J connectivity index is 1.38. The number of halogens is 2. The van der Waals surface area contributed by atoms with Gasteiger partial charge in [0, 0.05) is 29.7 Å². The molecule has 0 radical (unpaired) electrons. The molecule has 0 fully saturated rings. The van der Waals surface area contributed by atoms with E-state index < -0.39 is 23.6 Å². The predicted octanol–water partition coefficient (Wildman–Crippen LogP) is 7.20. The maximum atomic E-state index is 14.3. The fourth-order valence-electron chi connectivity index (χ4n) is 5.02. The molecule has 1 aliphatic rings. The molecule has 0 atom stereocenters. The highest BCUT2D eigenvalue weighted by molar-refractivity contribution is 6.23. The average molecular weight is 613 g/mol. The monoisotopic (exact) mass is 612 g/mol. The summed E-state index contributed by atoms with van der Waals surface area (Å²) in [5.74, 6) is -3.54. The Kier molecular flexibility index (Phi) is 12.8. The zero-order valence-electron chi connectivity index (χ0n) is 25.6. The summed E-state index contributed by atoms with van der Waals surface area (Å²) in [5.41, 5.74) is 1.27. The van der Waals surface area contributed by atoms with Gasteiger partial charge in [0.05, 0.1) is 20.8 Å². The minimum atomic E-state index is -0.785. The van der Waals surface area contributed by atoms with Crippen LogP contribution in [0.4, 0.5) is 8.78 Å². The number of methoxy groups -OCH3 is 2. The van der Waals surface area contributed by atoms with Gasteiger partial charge >= 0.3 is 11.9 Å². The van der Waals surface area contributed by atoms with E-state index in [-0.39, 0.29) is 46.6 Å². The first kappa shape index (κ1) is 34.2. The van der Waals surface area contributed by atoms with E-state index in [9.17, 15) is 28.0 Å². The van der Waals surface area contributed by atoms with Gasteiger partial charge in [-0.3, -0.25) is 14.4 Å². The lowest BCUT2D eigenvalue weighted by atomic mass is 9.89. The molecule has 0 N–H and O–H groups in total. The smallest absolute Gasteiger partial charge is 0.341 e. The van der Waals surface area contributed by atoms with Crippen molar-refractivity contribution < 1.29 is 46.9 Å². The Morgan fingerprint density at radius 3 is 2.00 bits per heavy atom. The fraction of sp³-hybridized carbons (Fsp3) is 0.412. The lowest BCUT2D eigenvalue weighted by Crippen LogP contribution is -2.25. The van der Waals surface area contributed by atoms with Crippen LogP contribution in [0.2, 0.25) is 0 Å². The molecule has 0 aliphatic heterocycles. The van der Waals surface area contributed by atoms with Crippen molar-refractivity contribution in [3.05, 3.63) is 76.3 Å². The zero-order valence-corrected chi connectivity index (χ0v) is 25.6. The third-order valence-corrected chi connectivity index (χ3v) is 7.34. The van der Waals surface area contributed by atoms with E-state index in [0.717, 1.165) is 57.1 Å². The van der Waals surface area contributed by atoms with E-state index >= 15 is 0 Å². The highest BCUT2D eigenvalue weighted by Crippen LogP contribution is 2.31. The lowest BCUT2D eigenvalue weighted by molar-refractivity contribution is -0.131. The quantitative estimate of drug-likeness (QED) is 0.0849. The Bertz CT molecular complexity index is 1460. The van der Waals surface area contributed by atoms with Crippen molar-refractivity contribution in [2.24, 2.45) is 0 Å². The maximum Gasteiger partial charge on any atom is 0.341 e. The van der Waals surface area contributed by atoms with Crippen LogP contribution in [0.15, 0.2) is 59.1 Å². The van der Waals surface area contributed by atoms with Gasteiger partial charge in [-0.15, -0.1) is 0 Å². The number of carbonyl (C=O) groups excluding carboxylic acids is 4. The highest BCUT2D eigenvalue weighted by Gasteiger charge is 2.34. The van der Waals surface area contributed by atoms with E-state index in [4.69, 9.17) is 18.9 Å². The number of hydrogen-bond donors (Lipinski definition) is 0. The topological polar surface area (TPSA) is 105 Å². The number of esters is 2. The predicted molar refractivity (Wildman–Crippen MR) is 159 cm³/mol. The van der Waals surface area contributed by atoms with Crippen molar-refractivity contribution in [1.82, 2.24) is 0 Å². The molecule has 0 heterocycles. The van der Waals surface area contributed by atoms with Gasteiger partial charge in [-0.1, -0.05) is 44.6 Å². The fourth-order valence-corrected chi connectivity index (χ4v) is 5.02. The molecule has 0 saturated carbocycles. The van der Waals surface area contributed by atoms with E-state index in [1.54, 1.807) is 6.92 Å². The van der Waals surface area contributed by atoms with Crippen molar-refractivity contribution in [2.75, 3.05) is 20.8 Å². The molecule has 0 saturated heterocycles. The molecule has 3 rings (SSSR count). The van der Waals surface area contributed by atoms with Crippen LogP contribution in [-0.4, -0.2) is 44.3 Å². The van der Waals surface area contributed by atoms with Gasteiger partial charge in [0.15, 0.2) is 0 Å². The number of unbranched alkanes of at least 4 members (excludes halogenated alkanes) is 7. The SMILES string of the molecule is COC1=C(OC)C(=O)C(CCCCCCCCCCOC(=O)c2cc(-c3ccc(F)cc3F)ccc2OC(C)=O)=C(C)C1=O. The second-order valence-corrected chi connectivity index (χ2v) is 10.5. The summed E-state index contributed by atoms with van der Waals surface area (Å²) in [6.07, 6.45) is 7.66. The summed E-state index contributed by atoms with van der Waals surface area (Å²) in [7, 11) is 2.69. The van der Waals surface area contributed by atoms with Gasteiger partial charge < -0.3 is 18.9 Å². The van der Waals surface area contributed by atoms with Gasteiger partial charge in [-0.05, 0) is 56.0 Å². The van der Waals surface area contributed by atoms with Gasteiger partial charge in [-0.2, -0.15) is 0 Å². The zero-order chi connectivity index (χ0) is 32.2. The lowest BCUT2D eigenvalue weighted by Gasteiger charge is -2.20. The Hall–Kier alpha value is -4.34. The van der Waals surface area contributed by atoms with Gasteiger partial charge in [0.2, 0.25) is 23.1 Å². The van der Waals surface area contributed by atoms with E-state index in [1.807, 2.05) is 0 Å². The summed E-state index contributed by atoms with van der Waals surface area (Å²) in [4.78, 5) is 49.5. The normalized spacial score (nSPS) is 13.3. The first-order chi connectivity index (χ1) is 21.1. The van der Waals surface area contributed by atoms with Crippen LogP contribution in [0.25, 0.3) is 11.1 Å². The molecule has 8 nitrogen and oxygen atoms in total. The maximum absolute atomic E-state index is 14.3. The summed E-state index contributed by atoms with van der Waals surface area (Å²) in [5, 5.41) is 0. The number of ether oxygens (including phenoxy) is 4. The molecule has 1 aliphatic carbocycles. The number of benzene rings is 2. The molecule has 0 amide bonds. The standard InChI is InChI=1S/C34H38F2O8/c1-21-25(31(39)33(42-4)32(41-3)30(21)38)13-11-9-7-5-6-8-10-12-18-43-34(40)27-19-23(14-17-29(27)44-22(2)37)26-16-15-24(35)20-28(26)36/h14-17,19-20H,5-13,18H2,1-4H3. The number of carbonyl (C=O) groups is 4. The van der Waals surface area contributed by atoms with Crippen LogP contribution in [0.3, 0.4) is 0 Å². The summed E-state index contributed by atoms with van der Waals surface area (Å²) >= 11 is 0. The number of hydrogen-bond acceptors (Lipinski definition) is 8. The van der Waals surface area contributed by atoms with Crippen LogP contribution in [0, 0.1) is 11.6 Å². The number of ketones is 2. The van der Waals surface area contributed by atoms with Crippen molar-refractivity contribution in [3.8, 4) is 16.9 Å². The van der Waals surface area contributed by atoms with Crippen LogP contribution in [0.1, 0.15) is 82.0 Å². The molecule has 0 spiro atoms. The largest absolute Gasteiger partial charge is 0.489 e. The molecule has 44 heavy (non-hydrogen) atoms. The molecular weight excluding hydrogens is 574 g/mol. The van der Waals surface area contributed by atoms with Crippen molar-refractivity contribution >= 4 is 23.5 Å². The number of Topliss-reactive ketones (excluding diaryl/α,β-unsaturated/α-hetero) is 2. The van der Waals surface area contributed by atoms with Crippen LogP contribution in [0.5, 0.6) is 5.75 Å². The van der Waals surface area contributed by atoms with Crippen molar-refractivity contribution in [2.45, 2.75) is 71.6 Å². The van der Waals surface area contributed by atoms with E-state index in [2.05, 4.69) is 0 Å². The van der Waals surface area contributed by atoms with Crippen LogP contribution >= 0.6 is 0 Å². The molecular formula is C34H38F2O8. The van der Waals surface area contributed by atoms with Crippen LogP contribution < -0.4 is 4.74 Å². The molecule has 0 bridgehead atoms. The second kappa shape index (κ2) is 16.5. The Morgan fingerprint density at radius 2 is 1.39 bits per heavy atom. The Labute approximate surface area is 256 Å². The summed E-state index contributed by atoms with van der Waals surface area (Å²) in [6.45, 7) is 3.01. The number of allylic oxidation sites excluding steroid dienone is 2. The third kappa shape index (κ3) is 8.84. The Morgan fingerprint density at radius 1 is 0.773 bits per heavy atom. The van der Waals surface area contributed by atoms with Gasteiger partial charge in [0.1, 0.15) is 22.9 Å².